The molecule has 7 nitrogen and oxygen atoms in total. The number of nitrogens with one attached hydrogen (secondary N) is 2. The van der Waals surface area contributed by atoms with Crippen molar-refractivity contribution in [3.05, 3.63) is 35.4 Å². The lowest BCUT2D eigenvalue weighted by Crippen LogP contribution is -2.51. The first-order valence-electron chi connectivity index (χ1n) is 8.72. The zero-order valence-corrected chi connectivity index (χ0v) is 15.4. The van der Waals surface area contributed by atoms with Crippen molar-refractivity contribution in [2.24, 2.45) is 0 Å². The Morgan fingerprint density at radius 3 is 2.27 bits per heavy atom. The molecule has 1 aliphatic rings. The first-order chi connectivity index (χ1) is 12.1. The molecule has 1 atom stereocenters. The second-order valence-corrected chi connectivity index (χ2v) is 7.51. The van der Waals surface area contributed by atoms with Crippen molar-refractivity contribution in [2.75, 3.05) is 0 Å². The number of rotatable bonds is 6. The summed E-state index contributed by atoms with van der Waals surface area (Å²) in [4.78, 5) is 35.4. The highest BCUT2D eigenvalue weighted by Gasteiger charge is 2.28. The fourth-order valence-electron chi connectivity index (χ4n) is 2.95. The van der Waals surface area contributed by atoms with Crippen LogP contribution in [-0.2, 0) is 27.2 Å². The number of alkyl carbamates (subject to hydrolysis) is 1. The summed E-state index contributed by atoms with van der Waals surface area (Å²) in [6, 6.07) is 6.97. The van der Waals surface area contributed by atoms with Crippen LogP contribution in [0.1, 0.15) is 44.7 Å². The van der Waals surface area contributed by atoms with Gasteiger partial charge in [-0.15, -0.1) is 0 Å². The average Bonchev–Trinajstić information content (AvgIpc) is 2.91. The summed E-state index contributed by atoms with van der Waals surface area (Å²) in [6.07, 6.45) is 0.483. The topological polar surface area (TPSA) is 105 Å². The number of aliphatic carboxylic acids is 1. The largest absolute Gasteiger partial charge is 0.481 e. The molecule has 0 unspecified atom stereocenters. The van der Waals surface area contributed by atoms with Gasteiger partial charge in [-0.1, -0.05) is 24.3 Å². The number of ether oxygens (including phenoxy) is 1. The lowest BCUT2D eigenvalue weighted by molar-refractivity contribution is -0.137. The van der Waals surface area contributed by atoms with Gasteiger partial charge in [-0.05, 0) is 51.2 Å². The minimum absolute atomic E-state index is 0.0000773. The summed E-state index contributed by atoms with van der Waals surface area (Å²) >= 11 is 0. The lowest BCUT2D eigenvalue weighted by atomic mass is 10.1. The SMILES string of the molecule is CC(C)(C)OC(=O)N[C@@H](CCC(=O)O)C(=O)NC1Cc2ccccc2C1. The Labute approximate surface area is 153 Å². The van der Waals surface area contributed by atoms with Crippen LogP contribution in [0.15, 0.2) is 24.3 Å². The highest BCUT2D eigenvalue weighted by Crippen LogP contribution is 2.21. The summed E-state index contributed by atoms with van der Waals surface area (Å²) in [5.41, 5.74) is 1.69. The number of fused-ring (bicyclic) bond motifs is 1. The summed E-state index contributed by atoms with van der Waals surface area (Å²) in [5.74, 6) is -1.42. The Kier molecular flexibility index (Phi) is 6.23. The van der Waals surface area contributed by atoms with Gasteiger partial charge in [-0.2, -0.15) is 0 Å². The molecule has 7 heteroatoms. The molecule has 1 aromatic carbocycles. The first-order valence-corrected chi connectivity index (χ1v) is 8.72. The minimum Gasteiger partial charge on any atom is -0.481 e. The summed E-state index contributed by atoms with van der Waals surface area (Å²) < 4.78 is 5.17. The van der Waals surface area contributed by atoms with E-state index in [1.807, 2.05) is 24.3 Å². The molecule has 0 bridgehead atoms. The molecule has 0 radical (unpaired) electrons. The van der Waals surface area contributed by atoms with Gasteiger partial charge in [0.05, 0.1) is 0 Å². The number of carbonyl (C=O) groups excluding carboxylic acids is 2. The van der Waals surface area contributed by atoms with Gasteiger partial charge in [0.2, 0.25) is 5.91 Å². The van der Waals surface area contributed by atoms with E-state index in [0.29, 0.717) is 0 Å². The molecule has 0 heterocycles. The van der Waals surface area contributed by atoms with Gasteiger partial charge in [0.25, 0.3) is 0 Å². The molecule has 1 aromatic rings. The predicted molar refractivity (Wildman–Crippen MR) is 95.8 cm³/mol. The van der Waals surface area contributed by atoms with Gasteiger partial charge >= 0.3 is 12.1 Å². The Bertz CT molecular complexity index is 656. The number of amides is 2. The molecule has 0 aromatic heterocycles. The third kappa shape index (κ3) is 6.06. The Morgan fingerprint density at radius 1 is 1.19 bits per heavy atom. The predicted octanol–water partition coefficient (Wildman–Crippen LogP) is 2.03. The summed E-state index contributed by atoms with van der Waals surface area (Å²) in [7, 11) is 0. The van der Waals surface area contributed by atoms with Crippen LogP contribution in [0.3, 0.4) is 0 Å². The quantitative estimate of drug-likeness (QED) is 0.718. The van der Waals surface area contributed by atoms with Crippen LogP contribution in [0.4, 0.5) is 4.79 Å². The molecule has 0 aliphatic heterocycles. The number of carboxylic acid groups (broad SMARTS) is 1. The van der Waals surface area contributed by atoms with Crippen molar-refractivity contribution in [2.45, 2.75) is 64.1 Å². The van der Waals surface area contributed by atoms with Gasteiger partial charge in [0.15, 0.2) is 0 Å². The van der Waals surface area contributed by atoms with Crippen LogP contribution in [0.25, 0.3) is 0 Å². The fraction of sp³-hybridized carbons (Fsp3) is 0.526. The van der Waals surface area contributed by atoms with Gasteiger partial charge < -0.3 is 20.5 Å². The lowest BCUT2D eigenvalue weighted by Gasteiger charge is -2.24. The Balaban J connectivity index is 1.96. The second kappa shape index (κ2) is 8.21. The molecule has 2 amide bonds. The molecule has 0 fully saturated rings. The van der Waals surface area contributed by atoms with Gasteiger partial charge in [0, 0.05) is 12.5 Å². The van der Waals surface area contributed by atoms with Crippen LogP contribution in [-0.4, -0.2) is 40.8 Å². The molecule has 1 aliphatic carbocycles. The molecular formula is C19H26N2O5. The molecular weight excluding hydrogens is 336 g/mol. The van der Waals surface area contributed by atoms with E-state index in [-0.39, 0.29) is 18.9 Å². The highest BCUT2D eigenvalue weighted by molar-refractivity contribution is 5.86. The maximum absolute atomic E-state index is 12.6. The van der Waals surface area contributed by atoms with Crippen molar-refractivity contribution >= 4 is 18.0 Å². The van der Waals surface area contributed by atoms with Crippen molar-refractivity contribution in [1.82, 2.24) is 10.6 Å². The van der Waals surface area contributed by atoms with Crippen LogP contribution in [0.5, 0.6) is 0 Å². The van der Waals surface area contributed by atoms with Gasteiger partial charge in [0.1, 0.15) is 11.6 Å². The third-order valence-corrected chi connectivity index (χ3v) is 4.05. The number of carbonyl (C=O) groups is 3. The number of hydrogen-bond acceptors (Lipinski definition) is 4. The standard InChI is InChI=1S/C19H26N2O5/c1-19(2,3)26-18(25)21-15(8-9-16(22)23)17(24)20-14-10-12-6-4-5-7-13(12)11-14/h4-7,14-15H,8-11H2,1-3H3,(H,20,24)(H,21,25)(H,22,23)/t15-/m0/s1. The van der Waals surface area contributed by atoms with Crippen molar-refractivity contribution in [3.8, 4) is 0 Å². The number of hydrogen-bond donors (Lipinski definition) is 3. The smallest absolute Gasteiger partial charge is 0.408 e. The summed E-state index contributed by atoms with van der Waals surface area (Å²) in [5, 5.41) is 14.3. The average molecular weight is 362 g/mol. The van der Waals surface area contributed by atoms with Crippen LogP contribution < -0.4 is 10.6 Å². The summed E-state index contributed by atoms with van der Waals surface area (Å²) in [6.45, 7) is 5.15. The Morgan fingerprint density at radius 2 is 1.77 bits per heavy atom. The molecule has 3 N–H and O–H groups in total. The van der Waals surface area contributed by atoms with Crippen molar-refractivity contribution in [3.63, 3.8) is 0 Å². The van der Waals surface area contributed by atoms with Crippen molar-refractivity contribution < 1.29 is 24.2 Å². The molecule has 0 saturated heterocycles. The van der Waals surface area contributed by atoms with Crippen LogP contribution in [0.2, 0.25) is 0 Å². The molecule has 142 valence electrons. The molecule has 26 heavy (non-hydrogen) atoms. The number of carboxylic acids is 1. The maximum Gasteiger partial charge on any atom is 0.408 e. The van der Waals surface area contributed by atoms with Gasteiger partial charge in [-0.3, -0.25) is 9.59 Å². The Hall–Kier alpha value is -2.57. The maximum atomic E-state index is 12.6. The minimum atomic E-state index is -1.03. The van der Waals surface area contributed by atoms with Crippen LogP contribution in [0, 0.1) is 0 Å². The van der Waals surface area contributed by atoms with Crippen molar-refractivity contribution in [1.29, 1.82) is 0 Å². The third-order valence-electron chi connectivity index (χ3n) is 4.05. The number of benzene rings is 1. The zero-order valence-electron chi connectivity index (χ0n) is 15.4. The van der Waals surface area contributed by atoms with Gasteiger partial charge in [-0.25, -0.2) is 4.79 Å². The monoisotopic (exact) mass is 362 g/mol. The van der Waals surface area contributed by atoms with E-state index in [2.05, 4.69) is 10.6 Å². The highest BCUT2D eigenvalue weighted by atomic mass is 16.6. The van der Waals surface area contributed by atoms with E-state index in [0.717, 1.165) is 12.8 Å². The second-order valence-electron chi connectivity index (χ2n) is 7.51. The van der Waals surface area contributed by atoms with E-state index in [1.165, 1.54) is 11.1 Å². The van der Waals surface area contributed by atoms with E-state index < -0.39 is 29.6 Å². The molecule has 2 rings (SSSR count). The molecule has 0 spiro atoms. The molecule has 0 saturated carbocycles. The van der Waals surface area contributed by atoms with E-state index in [4.69, 9.17) is 9.84 Å². The van der Waals surface area contributed by atoms with E-state index in [9.17, 15) is 14.4 Å². The van der Waals surface area contributed by atoms with E-state index >= 15 is 0 Å². The first kappa shape index (κ1) is 19.8. The van der Waals surface area contributed by atoms with Crippen LogP contribution >= 0.6 is 0 Å². The fourth-order valence-corrected chi connectivity index (χ4v) is 2.95. The zero-order chi connectivity index (χ0) is 19.3. The normalized spacial score (nSPS) is 15.0. The van der Waals surface area contributed by atoms with E-state index in [1.54, 1.807) is 20.8 Å².